The van der Waals surface area contributed by atoms with Crippen LogP contribution in [-0.4, -0.2) is 37.5 Å². The third-order valence-electron chi connectivity index (χ3n) is 3.75. The van der Waals surface area contributed by atoms with Crippen LogP contribution in [0, 0.1) is 0 Å². The fraction of sp³-hybridized carbons (Fsp3) is 0.200. The molecule has 3 rings (SSSR count). The normalized spacial score (nSPS) is 11.3. The average molecular weight is 344 g/mol. The molecular formula is C15H16N6O4. The fourth-order valence-electron chi connectivity index (χ4n) is 2.38. The molecule has 25 heavy (non-hydrogen) atoms. The number of aryl methyl sites for hydroxylation is 2. The summed E-state index contributed by atoms with van der Waals surface area (Å²) in [7, 11) is 4.58. The van der Waals surface area contributed by atoms with Crippen LogP contribution in [0.25, 0.3) is 11.2 Å². The van der Waals surface area contributed by atoms with Crippen molar-refractivity contribution in [1.82, 2.24) is 19.1 Å². The zero-order valence-electron chi connectivity index (χ0n) is 13.8. The Labute approximate surface area is 141 Å². The predicted octanol–water partition coefficient (Wildman–Crippen LogP) is 0.120. The van der Waals surface area contributed by atoms with Crippen LogP contribution >= 0.6 is 0 Å². The van der Waals surface area contributed by atoms with E-state index in [0.29, 0.717) is 11.3 Å². The second-order valence-corrected chi connectivity index (χ2v) is 5.25. The van der Waals surface area contributed by atoms with Crippen molar-refractivity contribution in [3.05, 3.63) is 44.6 Å². The van der Waals surface area contributed by atoms with Crippen molar-refractivity contribution in [2.45, 2.75) is 0 Å². The standard InChI is InChI=1S/C15H16N6O4/c1-20-10-12(21(2)15(24)18-13(10)23)17-14(20)19-16-7-8-5-4-6-9(25-3)11(8)22/h4-7,22H,1-3H3,(H,17,19)(H,18,23,24)/b16-7+. The van der Waals surface area contributed by atoms with E-state index in [1.807, 2.05) is 0 Å². The van der Waals surface area contributed by atoms with Crippen LogP contribution in [0.2, 0.25) is 0 Å². The molecule has 10 heteroatoms. The molecule has 0 aliphatic rings. The molecule has 0 aliphatic carbocycles. The van der Waals surface area contributed by atoms with Gasteiger partial charge in [-0.25, -0.2) is 10.2 Å². The summed E-state index contributed by atoms with van der Waals surface area (Å²) in [6.07, 6.45) is 1.39. The van der Waals surface area contributed by atoms with Gasteiger partial charge >= 0.3 is 5.69 Å². The molecule has 2 heterocycles. The highest BCUT2D eigenvalue weighted by Gasteiger charge is 2.14. The minimum Gasteiger partial charge on any atom is -0.504 e. The van der Waals surface area contributed by atoms with Crippen molar-refractivity contribution in [2.75, 3.05) is 12.5 Å². The number of phenolic OH excluding ortho intramolecular Hbond substituents is 1. The van der Waals surface area contributed by atoms with Gasteiger partial charge in [-0.3, -0.25) is 14.3 Å². The van der Waals surface area contributed by atoms with Crippen LogP contribution in [0.15, 0.2) is 32.9 Å². The molecule has 130 valence electrons. The van der Waals surface area contributed by atoms with Crippen molar-refractivity contribution in [3.63, 3.8) is 0 Å². The molecule has 0 fully saturated rings. The monoisotopic (exact) mass is 344 g/mol. The highest BCUT2D eigenvalue weighted by atomic mass is 16.5. The van der Waals surface area contributed by atoms with Crippen molar-refractivity contribution in [3.8, 4) is 11.5 Å². The second-order valence-electron chi connectivity index (χ2n) is 5.25. The molecule has 0 saturated carbocycles. The lowest BCUT2D eigenvalue weighted by Gasteiger charge is -2.05. The summed E-state index contributed by atoms with van der Waals surface area (Å²) >= 11 is 0. The minimum atomic E-state index is -0.549. The number of hydrogen-bond acceptors (Lipinski definition) is 7. The van der Waals surface area contributed by atoms with E-state index in [4.69, 9.17) is 4.74 Å². The number of nitrogens with one attached hydrogen (secondary N) is 2. The van der Waals surface area contributed by atoms with Gasteiger partial charge in [0, 0.05) is 19.7 Å². The number of H-pyrrole nitrogens is 1. The smallest absolute Gasteiger partial charge is 0.329 e. The maximum atomic E-state index is 12.0. The Morgan fingerprint density at radius 2 is 2.08 bits per heavy atom. The Hall–Kier alpha value is -3.56. The molecule has 2 aromatic heterocycles. The predicted molar refractivity (Wildman–Crippen MR) is 92.5 cm³/mol. The van der Waals surface area contributed by atoms with Gasteiger partial charge in [-0.2, -0.15) is 10.1 Å². The van der Waals surface area contributed by atoms with Crippen LogP contribution in [0.4, 0.5) is 5.95 Å². The van der Waals surface area contributed by atoms with E-state index >= 15 is 0 Å². The summed E-state index contributed by atoms with van der Waals surface area (Å²) in [6.45, 7) is 0. The Balaban J connectivity index is 1.96. The number of benzene rings is 1. The number of fused-ring (bicyclic) bond motifs is 1. The quantitative estimate of drug-likeness (QED) is 0.456. The number of aromatic amines is 1. The summed E-state index contributed by atoms with van der Waals surface area (Å²) in [4.78, 5) is 30.0. The first-order valence-electron chi connectivity index (χ1n) is 7.24. The van der Waals surface area contributed by atoms with Gasteiger partial charge in [-0.05, 0) is 12.1 Å². The van der Waals surface area contributed by atoms with Gasteiger partial charge in [0.2, 0.25) is 5.95 Å². The highest BCUT2D eigenvalue weighted by molar-refractivity contribution is 5.85. The van der Waals surface area contributed by atoms with Gasteiger partial charge < -0.3 is 14.4 Å². The largest absolute Gasteiger partial charge is 0.504 e. The Morgan fingerprint density at radius 3 is 2.80 bits per heavy atom. The molecule has 0 spiro atoms. The summed E-state index contributed by atoms with van der Waals surface area (Å²) < 4.78 is 7.75. The van der Waals surface area contributed by atoms with Crippen LogP contribution in [0.3, 0.4) is 0 Å². The number of nitrogens with zero attached hydrogens (tertiary/aromatic N) is 4. The zero-order chi connectivity index (χ0) is 18.1. The van der Waals surface area contributed by atoms with E-state index in [1.54, 1.807) is 25.2 Å². The minimum absolute atomic E-state index is 0.0422. The second kappa shape index (κ2) is 6.15. The molecule has 3 N–H and O–H groups in total. The summed E-state index contributed by atoms with van der Waals surface area (Å²) in [5.74, 6) is 0.549. The highest BCUT2D eigenvalue weighted by Crippen LogP contribution is 2.28. The number of hydrazone groups is 1. The summed E-state index contributed by atoms with van der Waals surface area (Å²) in [5, 5.41) is 14.0. The molecule has 0 aliphatic heterocycles. The number of aromatic hydroxyl groups is 1. The van der Waals surface area contributed by atoms with Crippen LogP contribution in [0.1, 0.15) is 5.56 Å². The van der Waals surface area contributed by atoms with Gasteiger partial charge in [-0.1, -0.05) is 6.07 Å². The Morgan fingerprint density at radius 1 is 1.32 bits per heavy atom. The van der Waals surface area contributed by atoms with E-state index in [9.17, 15) is 14.7 Å². The number of rotatable bonds is 4. The number of anilines is 1. The van der Waals surface area contributed by atoms with Crippen LogP contribution < -0.4 is 21.4 Å². The number of para-hydroxylation sites is 1. The molecule has 0 bridgehead atoms. The molecule has 10 nitrogen and oxygen atoms in total. The Kier molecular flexibility index (Phi) is 4.01. The number of imidazole rings is 1. The van der Waals surface area contributed by atoms with Gasteiger partial charge in [0.25, 0.3) is 5.56 Å². The number of ether oxygens (including phenoxy) is 1. The first-order valence-corrected chi connectivity index (χ1v) is 7.24. The fourth-order valence-corrected chi connectivity index (χ4v) is 2.38. The first-order chi connectivity index (χ1) is 11.9. The lowest BCUT2D eigenvalue weighted by atomic mass is 10.2. The molecule has 0 saturated heterocycles. The van der Waals surface area contributed by atoms with Gasteiger partial charge in [0.05, 0.1) is 13.3 Å². The zero-order valence-corrected chi connectivity index (χ0v) is 13.8. The third-order valence-corrected chi connectivity index (χ3v) is 3.75. The summed E-state index contributed by atoms with van der Waals surface area (Å²) in [6, 6.07) is 5.00. The molecule has 1 aromatic carbocycles. The molecule has 0 radical (unpaired) electrons. The van der Waals surface area contributed by atoms with Crippen molar-refractivity contribution in [1.29, 1.82) is 0 Å². The maximum absolute atomic E-state index is 12.0. The third kappa shape index (κ3) is 2.73. The van der Waals surface area contributed by atoms with E-state index in [0.717, 1.165) is 0 Å². The van der Waals surface area contributed by atoms with Crippen molar-refractivity contribution in [2.24, 2.45) is 19.2 Å². The molecule has 0 atom stereocenters. The van der Waals surface area contributed by atoms with Crippen molar-refractivity contribution >= 4 is 23.3 Å². The van der Waals surface area contributed by atoms with E-state index in [2.05, 4.69) is 20.5 Å². The first kappa shape index (κ1) is 16.3. The molecule has 0 unspecified atom stereocenters. The molecule has 3 aromatic rings. The van der Waals surface area contributed by atoms with E-state index < -0.39 is 11.2 Å². The molecular weight excluding hydrogens is 328 g/mol. The van der Waals surface area contributed by atoms with Crippen LogP contribution in [0.5, 0.6) is 11.5 Å². The maximum Gasteiger partial charge on any atom is 0.329 e. The van der Waals surface area contributed by atoms with E-state index in [1.165, 1.54) is 29.5 Å². The summed E-state index contributed by atoms with van der Waals surface area (Å²) in [5.41, 5.74) is 2.52. The number of hydrogen-bond donors (Lipinski definition) is 3. The topological polar surface area (TPSA) is 127 Å². The van der Waals surface area contributed by atoms with Crippen LogP contribution in [-0.2, 0) is 14.1 Å². The lowest BCUT2D eigenvalue weighted by Crippen LogP contribution is -2.29. The average Bonchev–Trinajstić information content (AvgIpc) is 2.92. The Bertz CT molecular complexity index is 1090. The number of phenols is 1. The lowest BCUT2D eigenvalue weighted by molar-refractivity contribution is 0.373. The van der Waals surface area contributed by atoms with Gasteiger partial charge in [0.1, 0.15) is 0 Å². The number of aromatic nitrogens is 4. The van der Waals surface area contributed by atoms with Gasteiger partial charge in [0.15, 0.2) is 22.7 Å². The molecule has 0 amide bonds. The van der Waals surface area contributed by atoms with E-state index in [-0.39, 0.29) is 22.9 Å². The van der Waals surface area contributed by atoms with Gasteiger partial charge in [-0.15, -0.1) is 0 Å². The van der Waals surface area contributed by atoms with Crippen molar-refractivity contribution < 1.29 is 9.84 Å². The number of methoxy groups -OCH3 is 1. The SMILES string of the molecule is COc1cccc(/C=N/Nc2nc3c(c(=O)[nH]c(=O)n3C)n2C)c1O.